The van der Waals surface area contributed by atoms with E-state index in [9.17, 15) is 4.39 Å². The molecular formula is C13H10ClFN6. The van der Waals surface area contributed by atoms with Crippen molar-refractivity contribution in [3.63, 3.8) is 0 Å². The van der Waals surface area contributed by atoms with Crippen LogP contribution in [-0.2, 0) is 0 Å². The highest BCUT2D eigenvalue weighted by atomic mass is 35.5. The van der Waals surface area contributed by atoms with E-state index in [-0.39, 0.29) is 0 Å². The average molecular weight is 305 g/mol. The predicted molar refractivity (Wildman–Crippen MR) is 78.4 cm³/mol. The fraction of sp³-hybridized carbons (Fsp3) is 0. The molecule has 1 heterocycles. The molecule has 2 aromatic carbocycles. The molecule has 106 valence electrons. The SMILES string of the molecule is Nc1ccc(-c2nnnn2-c2cc(F)ccc2Cl)c(N)c1. The fourth-order valence-electron chi connectivity index (χ4n) is 1.95. The first-order chi connectivity index (χ1) is 10.1. The summed E-state index contributed by atoms with van der Waals surface area (Å²) in [6.45, 7) is 0. The normalized spacial score (nSPS) is 10.8. The van der Waals surface area contributed by atoms with Crippen molar-refractivity contribution in [1.82, 2.24) is 20.2 Å². The smallest absolute Gasteiger partial charge is 0.189 e. The Morgan fingerprint density at radius 1 is 1.10 bits per heavy atom. The molecule has 3 aromatic rings. The van der Waals surface area contributed by atoms with Crippen LogP contribution in [0.1, 0.15) is 0 Å². The molecule has 0 saturated carbocycles. The van der Waals surface area contributed by atoms with Gasteiger partial charge >= 0.3 is 0 Å². The Morgan fingerprint density at radius 3 is 2.67 bits per heavy atom. The van der Waals surface area contributed by atoms with Crippen molar-refractivity contribution in [2.45, 2.75) is 0 Å². The van der Waals surface area contributed by atoms with E-state index >= 15 is 0 Å². The number of benzene rings is 2. The lowest BCUT2D eigenvalue weighted by molar-refractivity contribution is 0.625. The number of halogens is 2. The van der Waals surface area contributed by atoms with Crippen LogP contribution in [0.4, 0.5) is 15.8 Å². The third-order valence-corrected chi connectivity index (χ3v) is 3.24. The van der Waals surface area contributed by atoms with Crippen molar-refractivity contribution in [3.05, 3.63) is 47.2 Å². The lowest BCUT2D eigenvalue weighted by Crippen LogP contribution is -2.03. The molecule has 0 atom stereocenters. The minimum Gasteiger partial charge on any atom is -0.399 e. The summed E-state index contributed by atoms with van der Waals surface area (Å²) >= 11 is 6.08. The molecule has 0 saturated heterocycles. The second-order valence-corrected chi connectivity index (χ2v) is 4.76. The number of tetrazole rings is 1. The van der Waals surface area contributed by atoms with Crippen molar-refractivity contribution in [3.8, 4) is 17.1 Å². The third-order valence-electron chi connectivity index (χ3n) is 2.92. The van der Waals surface area contributed by atoms with Crippen LogP contribution in [0.25, 0.3) is 17.1 Å². The zero-order chi connectivity index (χ0) is 15.0. The molecule has 0 fully saturated rings. The van der Waals surface area contributed by atoms with E-state index < -0.39 is 5.82 Å². The maximum atomic E-state index is 13.4. The van der Waals surface area contributed by atoms with Crippen LogP contribution in [0.5, 0.6) is 0 Å². The first-order valence-corrected chi connectivity index (χ1v) is 6.33. The molecule has 0 aliphatic carbocycles. The van der Waals surface area contributed by atoms with Gasteiger partial charge in [0.15, 0.2) is 5.82 Å². The van der Waals surface area contributed by atoms with Crippen molar-refractivity contribution < 1.29 is 4.39 Å². The third kappa shape index (κ3) is 2.38. The molecule has 0 radical (unpaired) electrons. The van der Waals surface area contributed by atoms with Gasteiger partial charge in [-0.3, -0.25) is 0 Å². The highest BCUT2D eigenvalue weighted by Crippen LogP contribution is 2.29. The lowest BCUT2D eigenvalue weighted by Gasteiger charge is -2.09. The Kier molecular flexibility index (Phi) is 3.19. The number of aromatic nitrogens is 4. The molecule has 3 rings (SSSR count). The van der Waals surface area contributed by atoms with E-state index in [0.717, 1.165) is 0 Å². The van der Waals surface area contributed by atoms with Crippen LogP contribution < -0.4 is 11.5 Å². The minimum atomic E-state index is -0.443. The molecule has 0 spiro atoms. The van der Waals surface area contributed by atoms with E-state index in [4.69, 9.17) is 23.1 Å². The molecule has 0 bridgehead atoms. The summed E-state index contributed by atoms with van der Waals surface area (Å²) in [5.41, 5.74) is 13.4. The van der Waals surface area contributed by atoms with Gasteiger partial charge in [-0.15, -0.1) is 5.10 Å². The van der Waals surface area contributed by atoms with Crippen molar-refractivity contribution in [2.24, 2.45) is 0 Å². The molecule has 0 aliphatic heterocycles. The van der Waals surface area contributed by atoms with Gasteiger partial charge in [0, 0.05) is 23.0 Å². The number of nitrogens with two attached hydrogens (primary N) is 2. The van der Waals surface area contributed by atoms with Crippen LogP contribution in [0, 0.1) is 5.82 Å². The largest absolute Gasteiger partial charge is 0.399 e. The predicted octanol–water partition coefficient (Wildman–Crippen LogP) is 2.29. The van der Waals surface area contributed by atoms with E-state index in [2.05, 4.69) is 15.5 Å². The summed E-state index contributed by atoms with van der Waals surface area (Å²) in [6.07, 6.45) is 0. The second-order valence-electron chi connectivity index (χ2n) is 4.36. The van der Waals surface area contributed by atoms with Crippen molar-refractivity contribution >= 4 is 23.0 Å². The zero-order valence-electron chi connectivity index (χ0n) is 10.7. The van der Waals surface area contributed by atoms with Gasteiger partial charge in [-0.25, -0.2) is 4.39 Å². The van der Waals surface area contributed by atoms with Crippen molar-refractivity contribution in [1.29, 1.82) is 0 Å². The van der Waals surface area contributed by atoms with Gasteiger partial charge in [0.1, 0.15) is 5.82 Å². The number of nitrogen functional groups attached to an aromatic ring is 2. The van der Waals surface area contributed by atoms with Crippen LogP contribution in [0.2, 0.25) is 5.02 Å². The minimum absolute atomic E-state index is 0.318. The molecule has 6 nitrogen and oxygen atoms in total. The van der Waals surface area contributed by atoms with Gasteiger partial charge in [0.05, 0.1) is 10.7 Å². The zero-order valence-corrected chi connectivity index (χ0v) is 11.4. The Morgan fingerprint density at radius 2 is 1.90 bits per heavy atom. The van der Waals surface area contributed by atoms with Gasteiger partial charge in [-0.05, 0) is 40.8 Å². The first-order valence-electron chi connectivity index (χ1n) is 5.95. The Hall–Kier alpha value is -2.67. The van der Waals surface area contributed by atoms with Gasteiger partial charge in [-0.1, -0.05) is 11.6 Å². The molecule has 8 heteroatoms. The topological polar surface area (TPSA) is 95.6 Å². The molecule has 0 amide bonds. The van der Waals surface area contributed by atoms with E-state index in [0.29, 0.717) is 33.5 Å². The van der Waals surface area contributed by atoms with Crippen LogP contribution >= 0.6 is 11.6 Å². The monoisotopic (exact) mass is 304 g/mol. The maximum Gasteiger partial charge on any atom is 0.189 e. The Labute approximate surface area is 124 Å². The number of hydrogen-bond donors (Lipinski definition) is 2. The summed E-state index contributed by atoms with van der Waals surface area (Å²) in [6, 6.07) is 8.91. The quantitative estimate of drug-likeness (QED) is 0.708. The fourth-order valence-corrected chi connectivity index (χ4v) is 2.15. The molecule has 0 aliphatic rings. The van der Waals surface area contributed by atoms with Gasteiger partial charge in [0.2, 0.25) is 0 Å². The highest BCUT2D eigenvalue weighted by Gasteiger charge is 2.16. The summed E-state index contributed by atoms with van der Waals surface area (Å²) < 4.78 is 14.8. The Balaban J connectivity index is 2.19. The van der Waals surface area contributed by atoms with E-state index in [1.807, 2.05) is 0 Å². The standard InChI is InChI=1S/C13H10ClFN6/c14-10-4-1-7(15)5-12(10)21-13(18-19-20-21)9-3-2-8(16)6-11(9)17/h1-6H,16-17H2. The number of nitrogens with zero attached hydrogens (tertiary/aromatic N) is 4. The molecule has 1 aromatic heterocycles. The number of hydrogen-bond acceptors (Lipinski definition) is 5. The van der Waals surface area contributed by atoms with Crippen LogP contribution in [0.15, 0.2) is 36.4 Å². The molecule has 21 heavy (non-hydrogen) atoms. The Bertz CT molecular complexity index is 816. The second kappa shape index (κ2) is 5.02. The highest BCUT2D eigenvalue weighted by molar-refractivity contribution is 6.32. The molecular weight excluding hydrogens is 295 g/mol. The molecule has 0 unspecified atom stereocenters. The summed E-state index contributed by atoms with van der Waals surface area (Å²) in [5, 5.41) is 11.7. The molecule has 4 N–H and O–H groups in total. The van der Waals surface area contributed by atoms with Crippen LogP contribution in [0.3, 0.4) is 0 Å². The lowest BCUT2D eigenvalue weighted by atomic mass is 10.1. The van der Waals surface area contributed by atoms with E-state index in [1.165, 1.54) is 22.9 Å². The van der Waals surface area contributed by atoms with Gasteiger partial charge in [-0.2, -0.15) is 4.68 Å². The maximum absolute atomic E-state index is 13.4. The summed E-state index contributed by atoms with van der Waals surface area (Å²) in [4.78, 5) is 0. The van der Waals surface area contributed by atoms with Crippen LogP contribution in [-0.4, -0.2) is 20.2 Å². The van der Waals surface area contributed by atoms with Gasteiger partial charge in [0.25, 0.3) is 0 Å². The summed E-state index contributed by atoms with van der Waals surface area (Å²) in [5.74, 6) is -0.0962. The first kappa shape index (κ1) is 13.3. The van der Waals surface area contributed by atoms with E-state index in [1.54, 1.807) is 18.2 Å². The summed E-state index contributed by atoms with van der Waals surface area (Å²) in [7, 11) is 0. The number of anilines is 2. The number of rotatable bonds is 2. The van der Waals surface area contributed by atoms with Crippen molar-refractivity contribution in [2.75, 3.05) is 11.5 Å². The van der Waals surface area contributed by atoms with Gasteiger partial charge < -0.3 is 11.5 Å². The average Bonchev–Trinajstić information content (AvgIpc) is 2.90.